The number of hydrogen-bond donors (Lipinski definition) is 0. The molecule has 0 aliphatic rings. The van der Waals surface area contributed by atoms with Crippen molar-refractivity contribution >= 4 is 13.8 Å². The quantitative estimate of drug-likeness (QED) is 0.561. The molecule has 8 heteroatoms. The molecule has 7 nitrogen and oxygen atoms in total. The molecule has 1 rings (SSSR count). The van der Waals surface area contributed by atoms with Gasteiger partial charge in [-0.05, 0) is 13.8 Å². The van der Waals surface area contributed by atoms with Crippen LogP contribution in [0.1, 0.15) is 18.1 Å². The molecule has 0 amide bonds. The first kappa shape index (κ1) is 18.3. The van der Waals surface area contributed by atoms with Crippen LogP contribution in [-0.4, -0.2) is 26.8 Å². The van der Waals surface area contributed by atoms with Crippen molar-refractivity contribution in [3.8, 4) is 6.07 Å². The number of phosphoric ester groups is 1. The maximum Gasteiger partial charge on any atom is 0.476 e. The standard InChI is InChI=1S/C14H18NO6P/c1-5-20-13(16)14(10-15,21-22(17,18-3)19-4)12-8-6-7-11(2)9-12/h6-9H,5H2,1-4H3. The SMILES string of the molecule is CCOC(=O)C(C#N)(OP(=O)(OC)OC)c1cccc(C)c1. The molecule has 0 saturated heterocycles. The first-order valence-corrected chi connectivity index (χ1v) is 7.91. The normalized spacial score (nSPS) is 14.0. The molecule has 0 aliphatic heterocycles. The van der Waals surface area contributed by atoms with E-state index in [4.69, 9.17) is 9.26 Å². The number of nitrogens with zero attached hydrogens (tertiary/aromatic N) is 1. The van der Waals surface area contributed by atoms with Gasteiger partial charge in [0.25, 0.3) is 5.60 Å². The number of carbonyl (C=O) groups is 1. The molecule has 0 saturated carbocycles. The number of aryl methyl sites for hydroxylation is 1. The van der Waals surface area contributed by atoms with E-state index in [2.05, 4.69) is 9.05 Å². The van der Waals surface area contributed by atoms with Crippen LogP contribution in [0.4, 0.5) is 0 Å². The summed E-state index contributed by atoms with van der Waals surface area (Å²) in [6.07, 6.45) is 0. The minimum atomic E-state index is -4.10. The Morgan fingerprint density at radius 3 is 2.45 bits per heavy atom. The molecule has 0 aromatic heterocycles. The third-order valence-corrected chi connectivity index (χ3v) is 4.23. The largest absolute Gasteiger partial charge is 0.476 e. The number of phosphoric acid groups is 1. The lowest BCUT2D eigenvalue weighted by molar-refractivity contribution is -0.159. The maximum absolute atomic E-state index is 12.3. The monoisotopic (exact) mass is 327 g/mol. The average Bonchev–Trinajstić information content (AvgIpc) is 2.52. The highest BCUT2D eigenvalue weighted by molar-refractivity contribution is 7.48. The van der Waals surface area contributed by atoms with Crippen molar-refractivity contribution < 1.29 is 27.7 Å². The number of carbonyl (C=O) groups excluding carboxylic acids is 1. The molecule has 1 atom stereocenters. The third-order valence-electron chi connectivity index (χ3n) is 2.84. The Morgan fingerprint density at radius 1 is 1.36 bits per heavy atom. The summed E-state index contributed by atoms with van der Waals surface area (Å²) in [6, 6.07) is 8.23. The van der Waals surface area contributed by atoms with E-state index in [1.54, 1.807) is 38.1 Å². The van der Waals surface area contributed by atoms with Gasteiger partial charge in [0.1, 0.15) is 6.07 Å². The molecule has 0 fully saturated rings. The second kappa shape index (κ2) is 7.52. The van der Waals surface area contributed by atoms with Crippen molar-refractivity contribution in [1.82, 2.24) is 0 Å². The molecule has 0 heterocycles. The van der Waals surface area contributed by atoms with Gasteiger partial charge in [0.2, 0.25) is 0 Å². The molecule has 1 unspecified atom stereocenters. The summed E-state index contributed by atoms with van der Waals surface area (Å²) in [5.41, 5.74) is -1.28. The highest BCUT2D eigenvalue weighted by Gasteiger charge is 2.50. The van der Waals surface area contributed by atoms with E-state index in [0.717, 1.165) is 19.8 Å². The molecule has 0 radical (unpaired) electrons. The zero-order valence-corrected chi connectivity index (χ0v) is 13.8. The van der Waals surface area contributed by atoms with Gasteiger partial charge in [0.05, 0.1) is 6.61 Å². The molecule has 0 N–H and O–H groups in total. The second-order valence-electron chi connectivity index (χ2n) is 4.29. The van der Waals surface area contributed by atoms with Crippen molar-refractivity contribution in [2.45, 2.75) is 19.4 Å². The molecule has 22 heavy (non-hydrogen) atoms. The average molecular weight is 327 g/mol. The van der Waals surface area contributed by atoms with Gasteiger partial charge in [-0.15, -0.1) is 0 Å². The van der Waals surface area contributed by atoms with Gasteiger partial charge in [-0.2, -0.15) is 5.26 Å². The van der Waals surface area contributed by atoms with Crippen molar-refractivity contribution in [3.05, 3.63) is 35.4 Å². The minimum Gasteiger partial charge on any atom is -0.463 e. The summed E-state index contributed by atoms with van der Waals surface area (Å²) < 4.78 is 31.7. The number of ether oxygens (including phenoxy) is 1. The van der Waals surface area contributed by atoms with Gasteiger partial charge in [-0.1, -0.05) is 29.8 Å². The number of nitriles is 1. The fourth-order valence-corrected chi connectivity index (χ4v) is 2.61. The number of esters is 1. The zero-order valence-electron chi connectivity index (χ0n) is 12.9. The van der Waals surface area contributed by atoms with Crippen LogP contribution in [0, 0.1) is 18.3 Å². The van der Waals surface area contributed by atoms with E-state index < -0.39 is 19.4 Å². The Hall–Kier alpha value is -1.71. The molecule has 1 aromatic carbocycles. The molecular weight excluding hydrogens is 309 g/mol. The highest BCUT2D eigenvalue weighted by Crippen LogP contribution is 2.53. The maximum atomic E-state index is 12.3. The summed E-state index contributed by atoms with van der Waals surface area (Å²) in [5, 5.41) is 9.56. The van der Waals surface area contributed by atoms with Crippen LogP contribution in [-0.2, 0) is 33.3 Å². The Labute approximate surface area is 129 Å². The van der Waals surface area contributed by atoms with Crippen molar-refractivity contribution in [2.24, 2.45) is 0 Å². The fraction of sp³-hybridized carbons (Fsp3) is 0.429. The summed E-state index contributed by atoms with van der Waals surface area (Å²) in [6.45, 7) is 3.40. The number of hydrogen-bond acceptors (Lipinski definition) is 7. The van der Waals surface area contributed by atoms with Gasteiger partial charge in [-0.3, -0.25) is 9.05 Å². The van der Waals surface area contributed by atoms with Crippen LogP contribution in [0.25, 0.3) is 0 Å². The zero-order chi connectivity index (χ0) is 16.8. The molecule has 0 spiro atoms. The molecular formula is C14H18NO6P. The van der Waals surface area contributed by atoms with Crippen LogP contribution in [0.3, 0.4) is 0 Å². The predicted octanol–water partition coefficient (Wildman–Crippen LogP) is 2.69. The van der Waals surface area contributed by atoms with Crippen LogP contribution < -0.4 is 0 Å². The van der Waals surface area contributed by atoms with E-state index in [-0.39, 0.29) is 12.2 Å². The topological polar surface area (TPSA) is 94.9 Å². The first-order chi connectivity index (χ1) is 10.4. The molecule has 1 aromatic rings. The van der Waals surface area contributed by atoms with E-state index in [1.807, 2.05) is 0 Å². The lowest BCUT2D eigenvalue weighted by atomic mass is 9.94. The van der Waals surface area contributed by atoms with Crippen molar-refractivity contribution in [3.63, 3.8) is 0 Å². The van der Waals surface area contributed by atoms with Gasteiger partial charge in [0, 0.05) is 19.8 Å². The van der Waals surface area contributed by atoms with Gasteiger partial charge in [-0.25, -0.2) is 13.9 Å². The molecule has 0 bridgehead atoms. The van der Waals surface area contributed by atoms with Crippen LogP contribution >= 0.6 is 7.82 Å². The Kier molecular flexibility index (Phi) is 6.27. The van der Waals surface area contributed by atoms with Crippen LogP contribution in [0.15, 0.2) is 24.3 Å². The Balaban J connectivity index is 3.46. The smallest absolute Gasteiger partial charge is 0.463 e. The van der Waals surface area contributed by atoms with Gasteiger partial charge >= 0.3 is 13.8 Å². The summed E-state index contributed by atoms with van der Waals surface area (Å²) in [7, 11) is -1.92. The minimum absolute atomic E-state index is 0.0295. The number of rotatable bonds is 7. The first-order valence-electron chi connectivity index (χ1n) is 6.45. The van der Waals surface area contributed by atoms with Gasteiger partial charge in [0.15, 0.2) is 0 Å². The van der Waals surface area contributed by atoms with Gasteiger partial charge < -0.3 is 4.74 Å². The molecule has 0 aliphatic carbocycles. The van der Waals surface area contributed by atoms with Crippen LogP contribution in [0.2, 0.25) is 0 Å². The van der Waals surface area contributed by atoms with E-state index in [0.29, 0.717) is 0 Å². The third kappa shape index (κ3) is 3.73. The lowest BCUT2D eigenvalue weighted by Crippen LogP contribution is -2.38. The summed E-state index contributed by atoms with van der Waals surface area (Å²) >= 11 is 0. The Bertz CT molecular complexity index is 618. The van der Waals surface area contributed by atoms with E-state index in [1.165, 1.54) is 6.07 Å². The van der Waals surface area contributed by atoms with Crippen LogP contribution in [0.5, 0.6) is 0 Å². The van der Waals surface area contributed by atoms with Crippen molar-refractivity contribution in [2.75, 3.05) is 20.8 Å². The lowest BCUT2D eigenvalue weighted by Gasteiger charge is -2.27. The second-order valence-corrected chi connectivity index (χ2v) is 6.09. The van der Waals surface area contributed by atoms with E-state index in [9.17, 15) is 14.6 Å². The Morgan fingerprint density at radius 2 is 2.00 bits per heavy atom. The summed E-state index contributed by atoms with van der Waals surface area (Å²) in [5.74, 6) is -0.988. The number of benzene rings is 1. The summed E-state index contributed by atoms with van der Waals surface area (Å²) in [4.78, 5) is 12.3. The fourth-order valence-electron chi connectivity index (χ4n) is 1.75. The van der Waals surface area contributed by atoms with E-state index >= 15 is 0 Å². The van der Waals surface area contributed by atoms with Crippen molar-refractivity contribution in [1.29, 1.82) is 5.26 Å². The predicted molar refractivity (Wildman–Crippen MR) is 77.8 cm³/mol. The highest BCUT2D eigenvalue weighted by atomic mass is 31.2. The molecule has 120 valence electrons.